The van der Waals surface area contributed by atoms with Gasteiger partial charge in [0.25, 0.3) is 0 Å². The van der Waals surface area contributed by atoms with Crippen LogP contribution in [0, 0.1) is 3.57 Å². The summed E-state index contributed by atoms with van der Waals surface area (Å²) in [7, 11) is -3.45. The zero-order chi connectivity index (χ0) is 12.3. The molecule has 0 radical (unpaired) electrons. The summed E-state index contributed by atoms with van der Waals surface area (Å²) in [6, 6.07) is 7.25. The Morgan fingerprint density at radius 3 is 2.65 bits per heavy atom. The van der Waals surface area contributed by atoms with E-state index in [0.717, 1.165) is 3.57 Å². The SMILES string of the molecule is O=S(=O)(Nc1cccc(I)c1)N1CCOCC1. The van der Waals surface area contributed by atoms with Crippen LogP contribution in [0.15, 0.2) is 24.3 Å². The molecule has 0 atom stereocenters. The molecule has 1 N–H and O–H groups in total. The van der Waals surface area contributed by atoms with Gasteiger partial charge in [0.15, 0.2) is 0 Å². The van der Waals surface area contributed by atoms with Crippen molar-refractivity contribution < 1.29 is 13.2 Å². The summed E-state index contributed by atoms with van der Waals surface area (Å²) in [6.45, 7) is 1.71. The van der Waals surface area contributed by atoms with Gasteiger partial charge >= 0.3 is 10.2 Å². The van der Waals surface area contributed by atoms with E-state index >= 15 is 0 Å². The van der Waals surface area contributed by atoms with Gasteiger partial charge in [-0.15, -0.1) is 0 Å². The number of hydrogen-bond acceptors (Lipinski definition) is 3. The molecule has 0 aliphatic carbocycles. The minimum absolute atomic E-state index is 0.402. The van der Waals surface area contributed by atoms with E-state index in [4.69, 9.17) is 4.74 Å². The zero-order valence-corrected chi connectivity index (χ0v) is 12.1. The third-order valence-corrected chi connectivity index (χ3v) is 4.59. The Morgan fingerprint density at radius 2 is 2.00 bits per heavy atom. The number of benzene rings is 1. The molecule has 0 unspecified atom stereocenters. The maximum atomic E-state index is 12.0. The molecule has 1 saturated heterocycles. The molecule has 0 bridgehead atoms. The first-order valence-corrected chi connectivity index (χ1v) is 7.71. The maximum Gasteiger partial charge on any atom is 0.301 e. The number of halogens is 1. The van der Waals surface area contributed by atoms with Gasteiger partial charge < -0.3 is 4.74 Å². The van der Waals surface area contributed by atoms with Gasteiger partial charge in [-0.05, 0) is 40.8 Å². The van der Waals surface area contributed by atoms with Crippen LogP contribution in [-0.2, 0) is 14.9 Å². The van der Waals surface area contributed by atoms with E-state index in [-0.39, 0.29) is 0 Å². The highest BCUT2D eigenvalue weighted by Crippen LogP contribution is 2.15. The van der Waals surface area contributed by atoms with Gasteiger partial charge in [-0.2, -0.15) is 12.7 Å². The second-order valence-corrected chi connectivity index (χ2v) is 6.55. The topological polar surface area (TPSA) is 58.6 Å². The molecule has 94 valence electrons. The van der Waals surface area contributed by atoms with Crippen LogP contribution in [0.25, 0.3) is 0 Å². The van der Waals surface area contributed by atoms with Crippen LogP contribution < -0.4 is 4.72 Å². The van der Waals surface area contributed by atoms with Crippen molar-refractivity contribution in [2.45, 2.75) is 0 Å². The van der Waals surface area contributed by atoms with Gasteiger partial charge in [0.1, 0.15) is 0 Å². The Morgan fingerprint density at radius 1 is 1.29 bits per heavy atom. The average molecular weight is 368 g/mol. The van der Waals surface area contributed by atoms with E-state index in [1.165, 1.54) is 4.31 Å². The average Bonchev–Trinajstić information content (AvgIpc) is 2.29. The molecule has 1 aliphatic rings. The van der Waals surface area contributed by atoms with Crippen LogP contribution >= 0.6 is 22.6 Å². The second-order valence-electron chi connectivity index (χ2n) is 3.63. The molecule has 0 spiro atoms. The fourth-order valence-electron chi connectivity index (χ4n) is 1.55. The highest BCUT2D eigenvalue weighted by atomic mass is 127. The smallest absolute Gasteiger partial charge is 0.301 e. The van der Waals surface area contributed by atoms with Gasteiger partial charge in [0, 0.05) is 16.7 Å². The number of rotatable bonds is 3. The standard InChI is InChI=1S/C10H13IN2O3S/c11-9-2-1-3-10(8-9)12-17(14,15)13-4-6-16-7-5-13/h1-3,8,12H,4-7H2. The van der Waals surface area contributed by atoms with E-state index in [1.807, 2.05) is 12.1 Å². The lowest BCUT2D eigenvalue weighted by Gasteiger charge is -2.26. The van der Waals surface area contributed by atoms with E-state index in [2.05, 4.69) is 27.3 Å². The van der Waals surface area contributed by atoms with Crippen molar-refractivity contribution in [3.05, 3.63) is 27.8 Å². The molecular weight excluding hydrogens is 355 g/mol. The first kappa shape index (κ1) is 13.1. The lowest BCUT2D eigenvalue weighted by atomic mass is 10.3. The van der Waals surface area contributed by atoms with Crippen molar-refractivity contribution in [3.8, 4) is 0 Å². The van der Waals surface area contributed by atoms with Crippen LogP contribution in [0.3, 0.4) is 0 Å². The summed E-state index contributed by atoms with van der Waals surface area (Å²) in [5, 5.41) is 0. The molecule has 1 aliphatic heterocycles. The molecule has 0 saturated carbocycles. The fraction of sp³-hybridized carbons (Fsp3) is 0.400. The molecule has 2 rings (SSSR count). The summed E-state index contributed by atoms with van der Waals surface area (Å²) >= 11 is 2.14. The number of morpholine rings is 1. The normalized spacial score (nSPS) is 17.9. The van der Waals surface area contributed by atoms with Gasteiger partial charge in [-0.3, -0.25) is 4.72 Å². The largest absolute Gasteiger partial charge is 0.379 e. The highest BCUT2D eigenvalue weighted by Gasteiger charge is 2.23. The molecule has 5 nitrogen and oxygen atoms in total. The van der Waals surface area contributed by atoms with E-state index < -0.39 is 10.2 Å². The summed E-state index contributed by atoms with van der Waals surface area (Å²) < 4.78 is 34.1. The lowest BCUT2D eigenvalue weighted by molar-refractivity contribution is 0.0733. The molecule has 0 amide bonds. The number of anilines is 1. The van der Waals surface area contributed by atoms with Crippen molar-refractivity contribution in [2.75, 3.05) is 31.0 Å². The van der Waals surface area contributed by atoms with Crippen molar-refractivity contribution in [2.24, 2.45) is 0 Å². The first-order valence-electron chi connectivity index (χ1n) is 5.19. The summed E-state index contributed by atoms with van der Waals surface area (Å²) in [4.78, 5) is 0. The Bertz CT molecular complexity index is 486. The fourth-order valence-corrected chi connectivity index (χ4v) is 3.28. The molecule has 7 heteroatoms. The molecule has 1 aromatic rings. The van der Waals surface area contributed by atoms with Crippen LogP contribution in [0.1, 0.15) is 0 Å². The number of ether oxygens (including phenoxy) is 1. The van der Waals surface area contributed by atoms with Crippen molar-refractivity contribution in [1.82, 2.24) is 4.31 Å². The Balaban J connectivity index is 2.11. The zero-order valence-electron chi connectivity index (χ0n) is 9.10. The van der Waals surface area contributed by atoms with E-state index in [9.17, 15) is 8.42 Å². The third-order valence-electron chi connectivity index (χ3n) is 2.38. The monoisotopic (exact) mass is 368 g/mol. The first-order chi connectivity index (χ1) is 8.08. The summed E-state index contributed by atoms with van der Waals surface area (Å²) in [5.74, 6) is 0. The van der Waals surface area contributed by atoms with E-state index in [1.54, 1.807) is 12.1 Å². The predicted molar refractivity (Wildman–Crippen MR) is 74.1 cm³/mol. The van der Waals surface area contributed by atoms with Gasteiger partial charge in [0.2, 0.25) is 0 Å². The van der Waals surface area contributed by atoms with Crippen LogP contribution in [0.4, 0.5) is 5.69 Å². The molecule has 17 heavy (non-hydrogen) atoms. The summed E-state index contributed by atoms with van der Waals surface area (Å²) in [5.41, 5.74) is 0.586. The number of nitrogens with zero attached hydrogens (tertiary/aromatic N) is 1. The molecule has 1 fully saturated rings. The molecule has 1 aromatic carbocycles. The highest BCUT2D eigenvalue weighted by molar-refractivity contribution is 14.1. The molecule has 1 heterocycles. The van der Waals surface area contributed by atoms with Crippen molar-refractivity contribution in [3.63, 3.8) is 0 Å². The van der Waals surface area contributed by atoms with Crippen LogP contribution in [0.5, 0.6) is 0 Å². The predicted octanol–water partition coefficient (Wildman–Crippen LogP) is 1.28. The third kappa shape index (κ3) is 3.54. The summed E-state index contributed by atoms with van der Waals surface area (Å²) in [6.07, 6.45) is 0. The molecule has 0 aromatic heterocycles. The lowest BCUT2D eigenvalue weighted by Crippen LogP contribution is -2.43. The van der Waals surface area contributed by atoms with Crippen molar-refractivity contribution >= 4 is 38.5 Å². The Hall–Kier alpha value is -0.380. The van der Waals surface area contributed by atoms with Gasteiger partial charge in [-0.25, -0.2) is 0 Å². The van der Waals surface area contributed by atoms with Crippen LogP contribution in [0.2, 0.25) is 0 Å². The Kier molecular flexibility index (Phi) is 4.23. The number of hydrogen-bond donors (Lipinski definition) is 1. The van der Waals surface area contributed by atoms with Crippen molar-refractivity contribution in [1.29, 1.82) is 0 Å². The van der Waals surface area contributed by atoms with Crippen LogP contribution in [-0.4, -0.2) is 39.0 Å². The molecular formula is C10H13IN2O3S. The van der Waals surface area contributed by atoms with E-state index in [0.29, 0.717) is 32.0 Å². The van der Waals surface area contributed by atoms with Gasteiger partial charge in [0.05, 0.1) is 18.9 Å². The maximum absolute atomic E-state index is 12.0. The van der Waals surface area contributed by atoms with Gasteiger partial charge in [-0.1, -0.05) is 6.07 Å². The quantitative estimate of drug-likeness (QED) is 0.818. The number of nitrogens with one attached hydrogen (secondary N) is 1. The Labute approximate surface area is 114 Å². The second kappa shape index (κ2) is 5.51. The minimum Gasteiger partial charge on any atom is -0.379 e. The minimum atomic E-state index is -3.45.